The minimum Gasteiger partial charge on any atom is -0.416 e. The van der Waals surface area contributed by atoms with Crippen molar-refractivity contribution in [2.24, 2.45) is 5.92 Å². The lowest BCUT2D eigenvalue weighted by molar-refractivity contribution is 0.165. The highest BCUT2D eigenvalue weighted by molar-refractivity contribution is 6.77. The number of halogens is 1. The van der Waals surface area contributed by atoms with Crippen LogP contribution in [0.15, 0.2) is 6.20 Å². The second-order valence-corrected chi connectivity index (χ2v) is 15.5. The highest BCUT2D eigenvalue weighted by Gasteiger charge is 2.45. The van der Waals surface area contributed by atoms with Gasteiger partial charge >= 0.3 is 0 Å². The fraction of sp³-hybridized carbons (Fsp3) is 0.773. The molecule has 0 bridgehead atoms. The van der Waals surface area contributed by atoms with Gasteiger partial charge in [0.25, 0.3) is 0 Å². The first-order valence-electron chi connectivity index (χ1n) is 11.2. The molecule has 0 unspecified atom stereocenters. The molecule has 0 saturated heterocycles. The van der Waals surface area contributed by atoms with E-state index in [1.165, 1.54) is 12.8 Å². The number of rotatable bonds is 7. The number of fused-ring (bicyclic) bond motifs is 1. The fourth-order valence-electron chi connectivity index (χ4n) is 5.62. The summed E-state index contributed by atoms with van der Waals surface area (Å²) in [6.07, 6.45) is 6.39. The van der Waals surface area contributed by atoms with Gasteiger partial charge in [0.2, 0.25) is 5.28 Å². The van der Waals surface area contributed by atoms with Gasteiger partial charge in [-0.2, -0.15) is 10.1 Å². The molecular formula is C22H37ClN4OSi. The van der Waals surface area contributed by atoms with Crippen molar-refractivity contribution in [3.63, 3.8) is 0 Å². The van der Waals surface area contributed by atoms with Crippen LogP contribution in [0.3, 0.4) is 0 Å². The smallest absolute Gasteiger partial charge is 0.224 e. The van der Waals surface area contributed by atoms with Crippen molar-refractivity contribution in [1.82, 2.24) is 19.7 Å². The molecule has 5 nitrogen and oxygen atoms in total. The quantitative estimate of drug-likeness (QED) is 0.357. The molecule has 162 valence electrons. The Morgan fingerprint density at radius 1 is 1.07 bits per heavy atom. The Bertz CT molecular complexity index is 806. The standard InChI is InChI=1S/C22H37ClN4OSi/c1-14(2)29(15(3)4,16(5)6)28-13-18-8-10-19(11-9-18)27-21-20(17(7)26-27)12-24-22(23)25-21/h12,14-16,18-19H,8-11,13H2,1-7H3. The third-order valence-electron chi connectivity index (χ3n) is 7.04. The van der Waals surface area contributed by atoms with E-state index in [1.807, 2.05) is 6.92 Å². The van der Waals surface area contributed by atoms with E-state index in [-0.39, 0.29) is 5.28 Å². The predicted molar refractivity (Wildman–Crippen MR) is 123 cm³/mol. The summed E-state index contributed by atoms with van der Waals surface area (Å²) in [7, 11) is -1.78. The van der Waals surface area contributed by atoms with E-state index >= 15 is 0 Å². The van der Waals surface area contributed by atoms with Crippen LogP contribution in [0.5, 0.6) is 0 Å². The molecular weight excluding hydrogens is 400 g/mol. The molecule has 0 aromatic carbocycles. The molecule has 0 radical (unpaired) electrons. The van der Waals surface area contributed by atoms with Gasteiger partial charge in [-0.15, -0.1) is 0 Å². The van der Waals surface area contributed by atoms with Crippen molar-refractivity contribution in [3.8, 4) is 0 Å². The van der Waals surface area contributed by atoms with Gasteiger partial charge in [0.1, 0.15) is 0 Å². The minimum atomic E-state index is -1.78. The van der Waals surface area contributed by atoms with E-state index in [1.54, 1.807) is 6.20 Å². The van der Waals surface area contributed by atoms with Crippen LogP contribution in [-0.2, 0) is 4.43 Å². The molecule has 1 saturated carbocycles. The van der Waals surface area contributed by atoms with Crippen LogP contribution in [0.2, 0.25) is 21.9 Å². The van der Waals surface area contributed by atoms with E-state index in [9.17, 15) is 0 Å². The van der Waals surface area contributed by atoms with Gasteiger partial charge in [-0.25, -0.2) is 9.67 Å². The fourth-order valence-corrected chi connectivity index (χ4v) is 11.3. The Labute approximate surface area is 181 Å². The molecule has 1 fully saturated rings. The molecule has 2 aromatic rings. The van der Waals surface area contributed by atoms with Gasteiger partial charge in [-0.1, -0.05) is 41.5 Å². The van der Waals surface area contributed by atoms with Crippen molar-refractivity contribution in [1.29, 1.82) is 0 Å². The predicted octanol–water partition coefficient (Wildman–Crippen LogP) is 6.71. The highest BCUT2D eigenvalue weighted by atomic mass is 35.5. The third-order valence-corrected chi connectivity index (χ3v) is 13.3. The summed E-state index contributed by atoms with van der Waals surface area (Å²) >= 11 is 6.05. The molecule has 1 aliphatic rings. The molecule has 0 amide bonds. The van der Waals surface area contributed by atoms with E-state index < -0.39 is 8.32 Å². The van der Waals surface area contributed by atoms with Crippen molar-refractivity contribution < 1.29 is 4.43 Å². The van der Waals surface area contributed by atoms with E-state index in [2.05, 4.69) is 56.2 Å². The molecule has 2 heterocycles. The number of aryl methyl sites for hydroxylation is 1. The van der Waals surface area contributed by atoms with Crippen LogP contribution >= 0.6 is 11.6 Å². The lowest BCUT2D eigenvalue weighted by Gasteiger charge is -2.43. The van der Waals surface area contributed by atoms with E-state index in [4.69, 9.17) is 21.1 Å². The summed E-state index contributed by atoms with van der Waals surface area (Å²) in [6.45, 7) is 17.1. The number of hydrogen-bond acceptors (Lipinski definition) is 4. The Morgan fingerprint density at radius 2 is 1.66 bits per heavy atom. The summed E-state index contributed by atoms with van der Waals surface area (Å²) in [6, 6.07) is 0.385. The van der Waals surface area contributed by atoms with Crippen LogP contribution < -0.4 is 0 Å². The molecule has 7 heteroatoms. The first-order chi connectivity index (χ1) is 13.7. The van der Waals surface area contributed by atoms with Gasteiger partial charge in [-0.05, 0) is 66.7 Å². The Morgan fingerprint density at radius 3 is 2.21 bits per heavy atom. The molecule has 0 N–H and O–H groups in total. The Kier molecular flexibility index (Phi) is 7.06. The van der Waals surface area contributed by atoms with Crippen LogP contribution in [0, 0.1) is 12.8 Å². The number of hydrogen-bond donors (Lipinski definition) is 0. The maximum Gasteiger partial charge on any atom is 0.224 e. The van der Waals surface area contributed by atoms with Gasteiger partial charge in [-0.3, -0.25) is 0 Å². The second kappa shape index (κ2) is 9.02. The molecule has 0 atom stereocenters. The monoisotopic (exact) mass is 436 g/mol. The Hall–Kier alpha value is -0.983. The minimum absolute atomic E-state index is 0.290. The first kappa shape index (κ1) is 22.7. The maximum absolute atomic E-state index is 6.86. The zero-order chi connectivity index (χ0) is 21.3. The lowest BCUT2D eigenvalue weighted by Crippen LogP contribution is -2.48. The molecule has 3 rings (SSSR count). The molecule has 2 aromatic heterocycles. The van der Waals surface area contributed by atoms with Crippen molar-refractivity contribution >= 4 is 31.0 Å². The van der Waals surface area contributed by atoms with Crippen LogP contribution in [0.1, 0.15) is 79.0 Å². The lowest BCUT2D eigenvalue weighted by atomic mass is 9.87. The average molecular weight is 437 g/mol. The normalized spacial score (nSPS) is 21.1. The summed E-state index contributed by atoms with van der Waals surface area (Å²) in [5.74, 6) is 0.649. The molecule has 29 heavy (non-hydrogen) atoms. The number of nitrogens with zero attached hydrogens (tertiary/aromatic N) is 4. The molecule has 0 spiro atoms. The summed E-state index contributed by atoms with van der Waals surface area (Å²) in [4.78, 5) is 8.57. The highest BCUT2D eigenvalue weighted by Crippen LogP contribution is 2.43. The number of aromatic nitrogens is 4. The first-order valence-corrected chi connectivity index (χ1v) is 13.7. The zero-order valence-corrected chi connectivity index (χ0v) is 20.8. The summed E-state index contributed by atoms with van der Waals surface area (Å²) in [5.41, 5.74) is 3.77. The largest absolute Gasteiger partial charge is 0.416 e. The maximum atomic E-state index is 6.86. The zero-order valence-electron chi connectivity index (χ0n) is 19.1. The van der Waals surface area contributed by atoms with Crippen molar-refractivity contribution in [2.45, 2.75) is 96.8 Å². The Balaban J connectivity index is 1.66. The van der Waals surface area contributed by atoms with Gasteiger partial charge in [0, 0.05) is 12.8 Å². The molecule has 1 aliphatic carbocycles. The van der Waals surface area contributed by atoms with E-state index in [0.717, 1.165) is 36.2 Å². The summed E-state index contributed by atoms with van der Waals surface area (Å²) in [5, 5.41) is 6.06. The van der Waals surface area contributed by atoms with Crippen molar-refractivity contribution in [2.75, 3.05) is 6.61 Å². The average Bonchev–Trinajstić information content (AvgIpc) is 2.97. The summed E-state index contributed by atoms with van der Waals surface area (Å²) < 4.78 is 8.95. The topological polar surface area (TPSA) is 52.8 Å². The molecule has 0 aliphatic heterocycles. The third kappa shape index (κ3) is 4.40. The van der Waals surface area contributed by atoms with Crippen LogP contribution in [0.4, 0.5) is 0 Å². The SMILES string of the molecule is Cc1nn(C2CCC(CO[Si](C(C)C)(C(C)C)C(C)C)CC2)c2nc(Cl)ncc12. The van der Waals surface area contributed by atoms with Gasteiger partial charge in [0.05, 0.1) is 17.1 Å². The van der Waals surface area contributed by atoms with Crippen LogP contribution in [0.25, 0.3) is 11.0 Å². The van der Waals surface area contributed by atoms with Gasteiger partial charge in [0.15, 0.2) is 14.0 Å². The van der Waals surface area contributed by atoms with Gasteiger partial charge < -0.3 is 4.43 Å². The second-order valence-electron chi connectivity index (χ2n) is 9.71. The van der Waals surface area contributed by atoms with Crippen molar-refractivity contribution in [3.05, 3.63) is 17.2 Å². The van der Waals surface area contributed by atoms with Crippen LogP contribution in [-0.4, -0.2) is 34.7 Å². The van der Waals surface area contributed by atoms with E-state index in [0.29, 0.717) is 28.6 Å².